The average Bonchev–Trinajstić information content (AvgIpc) is 2.69. The second-order valence-corrected chi connectivity index (χ2v) is 5.56. The summed E-state index contributed by atoms with van der Waals surface area (Å²) in [5.41, 5.74) is 8.63. The number of rotatable bonds is 3. The van der Waals surface area contributed by atoms with Gasteiger partial charge >= 0.3 is 0 Å². The fraction of sp³-hybridized carbons (Fsp3) is 0.600. The molecule has 104 valence electrons. The molecule has 0 bridgehead atoms. The SMILES string of the molecule is CCC[C@H]1CN(C(=O)c2cc(C)nc(C)c2)C[C@@H]1N. The number of carbonyl (C=O) groups excluding carboxylic acids is 1. The number of likely N-dealkylation sites (tertiary alicyclic amines) is 1. The molecule has 1 aromatic rings. The van der Waals surface area contributed by atoms with E-state index in [2.05, 4.69) is 11.9 Å². The third-order valence-electron chi connectivity index (χ3n) is 3.77. The maximum absolute atomic E-state index is 12.5. The van der Waals surface area contributed by atoms with Crippen molar-refractivity contribution < 1.29 is 4.79 Å². The number of aryl methyl sites for hydroxylation is 2. The standard InChI is InChI=1S/C15H23N3O/c1-4-5-12-8-18(9-14(12)16)15(19)13-6-10(2)17-11(3)7-13/h6-7,12,14H,4-5,8-9,16H2,1-3H3/t12-,14-/m0/s1. The van der Waals surface area contributed by atoms with Crippen molar-refractivity contribution in [1.82, 2.24) is 9.88 Å². The third-order valence-corrected chi connectivity index (χ3v) is 3.77. The number of carbonyl (C=O) groups is 1. The summed E-state index contributed by atoms with van der Waals surface area (Å²) < 4.78 is 0. The Labute approximate surface area is 115 Å². The lowest BCUT2D eigenvalue weighted by molar-refractivity contribution is 0.0785. The molecular weight excluding hydrogens is 238 g/mol. The van der Waals surface area contributed by atoms with Gasteiger partial charge in [-0.3, -0.25) is 9.78 Å². The molecular formula is C15H23N3O. The number of pyridine rings is 1. The Morgan fingerprint density at radius 1 is 1.37 bits per heavy atom. The molecule has 2 heterocycles. The first-order chi connectivity index (χ1) is 9.01. The Morgan fingerprint density at radius 2 is 2.00 bits per heavy atom. The molecule has 4 nitrogen and oxygen atoms in total. The highest BCUT2D eigenvalue weighted by Crippen LogP contribution is 2.22. The summed E-state index contributed by atoms with van der Waals surface area (Å²) in [5, 5.41) is 0. The first kappa shape index (κ1) is 14.0. The summed E-state index contributed by atoms with van der Waals surface area (Å²) >= 11 is 0. The van der Waals surface area contributed by atoms with Gasteiger partial charge in [0.25, 0.3) is 5.91 Å². The van der Waals surface area contributed by atoms with Crippen molar-refractivity contribution in [3.05, 3.63) is 29.1 Å². The lowest BCUT2D eigenvalue weighted by Crippen LogP contribution is -2.32. The first-order valence-electron chi connectivity index (χ1n) is 7.01. The number of nitrogens with zero attached hydrogens (tertiary/aromatic N) is 2. The third kappa shape index (κ3) is 3.13. The maximum Gasteiger partial charge on any atom is 0.254 e. The van der Waals surface area contributed by atoms with Crippen LogP contribution in [0.1, 0.15) is 41.5 Å². The summed E-state index contributed by atoms with van der Waals surface area (Å²) in [6.45, 7) is 7.45. The van der Waals surface area contributed by atoms with Gasteiger partial charge < -0.3 is 10.6 Å². The van der Waals surface area contributed by atoms with Gasteiger partial charge in [-0.15, -0.1) is 0 Å². The topological polar surface area (TPSA) is 59.2 Å². The van der Waals surface area contributed by atoms with E-state index in [0.29, 0.717) is 12.5 Å². The first-order valence-corrected chi connectivity index (χ1v) is 7.01. The Morgan fingerprint density at radius 3 is 2.58 bits per heavy atom. The highest BCUT2D eigenvalue weighted by molar-refractivity contribution is 5.94. The van der Waals surface area contributed by atoms with Crippen LogP contribution >= 0.6 is 0 Å². The molecule has 0 aliphatic carbocycles. The number of amides is 1. The quantitative estimate of drug-likeness (QED) is 0.904. The minimum Gasteiger partial charge on any atom is -0.337 e. The normalized spacial score (nSPS) is 22.8. The van der Waals surface area contributed by atoms with Crippen molar-refractivity contribution in [2.45, 2.75) is 39.7 Å². The smallest absolute Gasteiger partial charge is 0.254 e. The van der Waals surface area contributed by atoms with E-state index in [9.17, 15) is 4.79 Å². The lowest BCUT2D eigenvalue weighted by atomic mass is 9.99. The molecule has 1 fully saturated rings. The zero-order valence-corrected chi connectivity index (χ0v) is 12.0. The fourth-order valence-electron chi connectivity index (χ4n) is 2.88. The molecule has 0 unspecified atom stereocenters. The van der Waals surface area contributed by atoms with E-state index in [1.807, 2.05) is 30.9 Å². The van der Waals surface area contributed by atoms with Gasteiger partial charge in [-0.05, 0) is 38.3 Å². The molecule has 2 rings (SSSR count). The molecule has 19 heavy (non-hydrogen) atoms. The molecule has 2 N–H and O–H groups in total. The summed E-state index contributed by atoms with van der Waals surface area (Å²) in [6, 6.07) is 3.83. The molecule has 1 aliphatic heterocycles. The number of hydrogen-bond acceptors (Lipinski definition) is 3. The van der Waals surface area contributed by atoms with Crippen LogP contribution in [0.5, 0.6) is 0 Å². The minimum atomic E-state index is 0.0858. The van der Waals surface area contributed by atoms with E-state index >= 15 is 0 Å². The Balaban J connectivity index is 2.12. The molecule has 2 atom stereocenters. The van der Waals surface area contributed by atoms with E-state index in [0.717, 1.165) is 36.3 Å². The lowest BCUT2D eigenvalue weighted by Gasteiger charge is -2.16. The van der Waals surface area contributed by atoms with Crippen LogP contribution in [0.2, 0.25) is 0 Å². The molecule has 1 aromatic heterocycles. The minimum absolute atomic E-state index is 0.0858. The molecule has 0 radical (unpaired) electrons. The number of hydrogen-bond donors (Lipinski definition) is 1. The summed E-state index contributed by atoms with van der Waals surface area (Å²) in [5.74, 6) is 0.528. The van der Waals surface area contributed by atoms with Crippen molar-refractivity contribution in [3.8, 4) is 0 Å². The second-order valence-electron chi connectivity index (χ2n) is 5.56. The van der Waals surface area contributed by atoms with Gasteiger partial charge in [0.2, 0.25) is 0 Å². The predicted molar refractivity (Wildman–Crippen MR) is 76.0 cm³/mol. The van der Waals surface area contributed by atoms with Gasteiger partial charge in [0.1, 0.15) is 0 Å². The number of aromatic nitrogens is 1. The van der Waals surface area contributed by atoms with Gasteiger partial charge in [0.05, 0.1) is 0 Å². The Kier molecular flexibility index (Phi) is 4.20. The molecule has 1 aliphatic rings. The zero-order valence-electron chi connectivity index (χ0n) is 12.0. The van der Waals surface area contributed by atoms with Crippen LogP contribution in [0.25, 0.3) is 0 Å². The van der Waals surface area contributed by atoms with Crippen molar-refractivity contribution in [2.24, 2.45) is 11.7 Å². The van der Waals surface area contributed by atoms with Gasteiger partial charge in [0.15, 0.2) is 0 Å². The number of nitrogens with two attached hydrogens (primary N) is 1. The van der Waals surface area contributed by atoms with Crippen molar-refractivity contribution in [1.29, 1.82) is 0 Å². The largest absolute Gasteiger partial charge is 0.337 e. The van der Waals surface area contributed by atoms with E-state index in [1.165, 1.54) is 0 Å². The van der Waals surface area contributed by atoms with Crippen LogP contribution in [0.3, 0.4) is 0 Å². The zero-order chi connectivity index (χ0) is 14.0. The van der Waals surface area contributed by atoms with Gasteiger partial charge in [-0.2, -0.15) is 0 Å². The summed E-state index contributed by atoms with van der Waals surface area (Å²) in [4.78, 5) is 18.7. The van der Waals surface area contributed by atoms with Gasteiger partial charge in [0, 0.05) is 36.1 Å². The van der Waals surface area contributed by atoms with Crippen LogP contribution in [0.15, 0.2) is 12.1 Å². The molecule has 1 saturated heterocycles. The monoisotopic (exact) mass is 261 g/mol. The van der Waals surface area contributed by atoms with E-state index in [-0.39, 0.29) is 11.9 Å². The molecule has 0 spiro atoms. The van der Waals surface area contributed by atoms with Crippen molar-refractivity contribution in [3.63, 3.8) is 0 Å². The van der Waals surface area contributed by atoms with Crippen LogP contribution in [0, 0.1) is 19.8 Å². The van der Waals surface area contributed by atoms with Crippen molar-refractivity contribution >= 4 is 5.91 Å². The molecule has 0 aromatic carbocycles. The van der Waals surface area contributed by atoms with Crippen LogP contribution in [-0.2, 0) is 0 Å². The maximum atomic E-state index is 12.5. The summed E-state index contributed by atoms with van der Waals surface area (Å²) in [6.07, 6.45) is 2.22. The second kappa shape index (κ2) is 5.70. The van der Waals surface area contributed by atoms with Crippen LogP contribution in [0.4, 0.5) is 0 Å². The average molecular weight is 261 g/mol. The van der Waals surface area contributed by atoms with Gasteiger partial charge in [-0.1, -0.05) is 13.3 Å². The highest BCUT2D eigenvalue weighted by atomic mass is 16.2. The van der Waals surface area contributed by atoms with Gasteiger partial charge in [-0.25, -0.2) is 0 Å². The van der Waals surface area contributed by atoms with E-state index < -0.39 is 0 Å². The van der Waals surface area contributed by atoms with Crippen molar-refractivity contribution in [2.75, 3.05) is 13.1 Å². The Bertz CT molecular complexity index is 452. The highest BCUT2D eigenvalue weighted by Gasteiger charge is 2.32. The summed E-state index contributed by atoms with van der Waals surface area (Å²) in [7, 11) is 0. The fourth-order valence-corrected chi connectivity index (χ4v) is 2.88. The molecule has 1 amide bonds. The molecule has 0 saturated carbocycles. The van der Waals surface area contributed by atoms with E-state index in [1.54, 1.807) is 0 Å². The van der Waals surface area contributed by atoms with Crippen LogP contribution < -0.4 is 5.73 Å². The Hall–Kier alpha value is -1.42. The molecule has 4 heteroatoms. The van der Waals surface area contributed by atoms with Crippen LogP contribution in [-0.4, -0.2) is 34.9 Å². The van der Waals surface area contributed by atoms with E-state index in [4.69, 9.17) is 5.73 Å². The predicted octanol–water partition coefficient (Wildman–Crippen LogP) is 1.90.